The lowest BCUT2D eigenvalue weighted by Gasteiger charge is -2.11. The van der Waals surface area contributed by atoms with Crippen LogP contribution >= 0.6 is 0 Å². The predicted molar refractivity (Wildman–Crippen MR) is 63.9 cm³/mol. The van der Waals surface area contributed by atoms with Crippen molar-refractivity contribution in [1.82, 2.24) is 15.1 Å². The van der Waals surface area contributed by atoms with Gasteiger partial charge in [-0.2, -0.15) is 5.10 Å². The maximum atomic E-state index is 11.7. The molecular weight excluding hydrogens is 202 g/mol. The second-order valence-corrected chi connectivity index (χ2v) is 4.13. The molecule has 0 unspecified atom stereocenters. The SMILES string of the molecule is CCC(CC)C(=O)NCc1cc(C)n(C)n1. The van der Waals surface area contributed by atoms with E-state index in [1.54, 1.807) is 0 Å². The molecule has 0 radical (unpaired) electrons. The number of rotatable bonds is 5. The highest BCUT2D eigenvalue weighted by Crippen LogP contribution is 2.08. The Labute approximate surface area is 97.0 Å². The third-order valence-electron chi connectivity index (χ3n) is 2.96. The Bertz CT molecular complexity index is 334. The fraction of sp³-hybridized carbons (Fsp3) is 0.667. The van der Waals surface area contributed by atoms with Gasteiger partial charge in [0.25, 0.3) is 0 Å². The molecule has 0 spiro atoms. The molecule has 1 amide bonds. The highest BCUT2D eigenvalue weighted by Gasteiger charge is 2.13. The van der Waals surface area contributed by atoms with Crippen LogP contribution in [0.3, 0.4) is 0 Å². The van der Waals surface area contributed by atoms with Gasteiger partial charge in [-0.05, 0) is 25.8 Å². The number of nitrogens with zero attached hydrogens (tertiary/aromatic N) is 2. The molecule has 0 fully saturated rings. The van der Waals surface area contributed by atoms with E-state index >= 15 is 0 Å². The van der Waals surface area contributed by atoms with E-state index in [1.165, 1.54) is 0 Å². The summed E-state index contributed by atoms with van der Waals surface area (Å²) < 4.78 is 1.82. The molecule has 0 aromatic carbocycles. The first-order chi connectivity index (χ1) is 7.58. The Hall–Kier alpha value is -1.32. The van der Waals surface area contributed by atoms with Gasteiger partial charge in [-0.15, -0.1) is 0 Å². The van der Waals surface area contributed by atoms with Crippen molar-refractivity contribution < 1.29 is 4.79 Å². The second-order valence-electron chi connectivity index (χ2n) is 4.13. The summed E-state index contributed by atoms with van der Waals surface area (Å²) in [6.07, 6.45) is 1.78. The van der Waals surface area contributed by atoms with Crippen LogP contribution in [0.4, 0.5) is 0 Å². The minimum Gasteiger partial charge on any atom is -0.350 e. The number of nitrogens with one attached hydrogen (secondary N) is 1. The number of aromatic nitrogens is 2. The normalized spacial score (nSPS) is 10.8. The fourth-order valence-corrected chi connectivity index (χ4v) is 1.70. The average molecular weight is 223 g/mol. The first kappa shape index (κ1) is 12.7. The highest BCUT2D eigenvalue weighted by molar-refractivity contribution is 5.78. The summed E-state index contributed by atoms with van der Waals surface area (Å²) in [6.45, 7) is 6.60. The van der Waals surface area contributed by atoms with Crippen LogP contribution in [0.5, 0.6) is 0 Å². The largest absolute Gasteiger partial charge is 0.350 e. The van der Waals surface area contributed by atoms with Gasteiger partial charge in [-0.25, -0.2) is 0 Å². The molecule has 4 nitrogen and oxygen atoms in total. The van der Waals surface area contributed by atoms with Gasteiger partial charge in [0.15, 0.2) is 0 Å². The topological polar surface area (TPSA) is 46.9 Å². The van der Waals surface area contributed by atoms with E-state index in [4.69, 9.17) is 0 Å². The summed E-state index contributed by atoms with van der Waals surface area (Å²) in [4.78, 5) is 11.7. The zero-order valence-electron chi connectivity index (χ0n) is 10.6. The third kappa shape index (κ3) is 3.08. The van der Waals surface area contributed by atoms with E-state index in [1.807, 2.05) is 38.6 Å². The molecule has 1 heterocycles. The number of aryl methyl sites for hydroxylation is 2. The molecule has 1 aromatic heterocycles. The lowest BCUT2D eigenvalue weighted by molar-refractivity contribution is -0.125. The standard InChI is InChI=1S/C12H21N3O/c1-5-10(6-2)12(16)13-8-11-7-9(3)15(4)14-11/h7,10H,5-6,8H2,1-4H3,(H,13,16). The lowest BCUT2D eigenvalue weighted by Crippen LogP contribution is -2.29. The third-order valence-corrected chi connectivity index (χ3v) is 2.96. The van der Waals surface area contributed by atoms with Crippen molar-refractivity contribution in [3.05, 3.63) is 17.5 Å². The number of hydrogen-bond acceptors (Lipinski definition) is 2. The Kier molecular flexibility index (Phi) is 4.52. The molecule has 0 aliphatic rings. The van der Waals surface area contributed by atoms with Gasteiger partial charge >= 0.3 is 0 Å². The molecule has 0 atom stereocenters. The van der Waals surface area contributed by atoms with Crippen LogP contribution in [0.15, 0.2) is 6.07 Å². The van der Waals surface area contributed by atoms with Crippen molar-refractivity contribution >= 4 is 5.91 Å². The molecule has 1 rings (SSSR count). The van der Waals surface area contributed by atoms with Crippen LogP contribution < -0.4 is 5.32 Å². The van der Waals surface area contributed by atoms with Crippen LogP contribution in [-0.2, 0) is 18.4 Å². The van der Waals surface area contributed by atoms with Crippen molar-refractivity contribution in [2.75, 3.05) is 0 Å². The average Bonchev–Trinajstić information content (AvgIpc) is 2.57. The van der Waals surface area contributed by atoms with Crippen molar-refractivity contribution in [2.45, 2.75) is 40.2 Å². The van der Waals surface area contributed by atoms with Crippen LogP contribution in [0.1, 0.15) is 38.1 Å². The second kappa shape index (κ2) is 5.68. The zero-order chi connectivity index (χ0) is 12.1. The molecule has 16 heavy (non-hydrogen) atoms. The Balaban J connectivity index is 2.48. The van der Waals surface area contributed by atoms with Crippen molar-refractivity contribution in [1.29, 1.82) is 0 Å². The van der Waals surface area contributed by atoms with E-state index in [2.05, 4.69) is 10.4 Å². The molecule has 1 N–H and O–H groups in total. The summed E-state index contributed by atoms with van der Waals surface area (Å²) in [5.74, 6) is 0.262. The molecular formula is C12H21N3O. The number of amides is 1. The van der Waals surface area contributed by atoms with Crippen molar-refractivity contribution in [3.8, 4) is 0 Å². The molecule has 0 saturated heterocycles. The number of hydrogen-bond donors (Lipinski definition) is 1. The summed E-state index contributed by atoms with van der Waals surface area (Å²) in [6, 6.07) is 1.99. The van der Waals surface area contributed by atoms with Crippen LogP contribution in [-0.4, -0.2) is 15.7 Å². The number of carbonyl (C=O) groups is 1. The summed E-state index contributed by atoms with van der Waals surface area (Å²) in [5.41, 5.74) is 2.02. The van der Waals surface area contributed by atoms with Gasteiger partial charge in [-0.3, -0.25) is 9.48 Å². The van der Waals surface area contributed by atoms with Crippen LogP contribution in [0.25, 0.3) is 0 Å². The molecule has 90 valence electrons. The van der Waals surface area contributed by atoms with Gasteiger partial charge in [-0.1, -0.05) is 13.8 Å². The molecule has 0 aliphatic carbocycles. The maximum Gasteiger partial charge on any atom is 0.223 e. The minimum absolute atomic E-state index is 0.129. The van der Waals surface area contributed by atoms with E-state index < -0.39 is 0 Å². The Morgan fingerprint density at radius 2 is 2.12 bits per heavy atom. The van der Waals surface area contributed by atoms with E-state index in [0.717, 1.165) is 24.2 Å². The van der Waals surface area contributed by atoms with Gasteiger partial charge in [0, 0.05) is 18.7 Å². The summed E-state index contributed by atoms with van der Waals surface area (Å²) >= 11 is 0. The quantitative estimate of drug-likeness (QED) is 0.827. The monoisotopic (exact) mass is 223 g/mol. The fourth-order valence-electron chi connectivity index (χ4n) is 1.70. The first-order valence-electron chi connectivity index (χ1n) is 5.85. The first-order valence-corrected chi connectivity index (χ1v) is 5.85. The van der Waals surface area contributed by atoms with Gasteiger partial charge in [0.05, 0.1) is 12.2 Å². The van der Waals surface area contributed by atoms with E-state index in [0.29, 0.717) is 6.54 Å². The molecule has 0 saturated carbocycles. The van der Waals surface area contributed by atoms with Gasteiger partial charge in [0.1, 0.15) is 0 Å². The Morgan fingerprint density at radius 3 is 2.56 bits per heavy atom. The lowest BCUT2D eigenvalue weighted by atomic mass is 10.0. The predicted octanol–water partition coefficient (Wildman–Crippen LogP) is 1.78. The van der Waals surface area contributed by atoms with Crippen molar-refractivity contribution in [3.63, 3.8) is 0 Å². The van der Waals surface area contributed by atoms with Gasteiger partial charge in [0.2, 0.25) is 5.91 Å². The highest BCUT2D eigenvalue weighted by atomic mass is 16.1. The summed E-state index contributed by atoms with van der Waals surface area (Å²) in [7, 11) is 1.90. The van der Waals surface area contributed by atoms with Crippen molar-refractivity contribution in [2.24, 2.45) is 13.0 Å². The van der Waals surface area contributed by atoms with E-state index in [-0.39, 0.29) is 11.8 Å². The maximum absolute atomic E-state index is 11.7. The minimum atomic E-state index is 0.129. The summed E-state index contributed by atoms with van der Waals surface area (Å²) in [5, 5.41) is 7.22. The molecule has 0 bridgehead atoms. The molecule has 1 aromatic rings. The van der Waals surface area contributed by atoms with Gasteiger partial charge < -0.3 is 5.32 Å². The van der Waals surface area contributed by atoms with Crippen LogP contribution in [0.2, 0.25) is 0 Å². The van der Waals surface area contributed by atoms with E-state index in [9.17, 15) is 4.79 Å². The molecule has 4 heteroatoms. The molecule has 0 aliphatic heterocycles. The van der Waals surface area contributed by atoms with Crippen LogP contribution in [0, 0.1) is 12.8 Å². The number of carbonyl (C=O) groups excluding carboxylic acids is 1. The smallest absolute Gasteiger partial charge is 0.223 e. The Morgan fingerprint density at radius 1 is 1.50 bits per heavy atom. The zero-order valence-corrected chi connectivity index (χ0v) is 10.6.